The summed E-state index contributed by atoms with van der Waals surface area (Å²) in [5.74, 6) is 1.03. The molecule has 0 aromatic heterocycles. The van der Waals surface area contributed by atoms with Gasteiger partial charge in [0.25, 0.3) is 5.91 Å². The van der Waals surface area contributed by atoms with Crippen molar-refractivity contribution in [2.45, 2.75) is 26.2 Å². The number of rotatable bonds is 6. The van der Waals surface area contributed by atoms with Crippen LogP contribution in [-0.4, -0.2) is 19.6 Å². The normalized spacial score (nSPS) is 10.9. The number of nitrogens with one attached hydrogen (secondary N) is 1. The van der Waals surface area contributed by atoms with Crippen LogP contribution in [0, 0.1) is 0 Å². The zero-order chi connectivity index (χ0) is 18.5. The molecule has 3 heteroatoms. The summed E-state index contributed by atoms with van der Waals surface area (Å²) in [5.41, 5.74) is 3.13. The van der Waals surface area contributed by atoms with E-state index in [0.717, 1.165) is 17.2 Å². The van der Waals surface area contributed by atoms with Crippen LogP contribution in [0.25, 0.3) is 10.8 Å². The number of amides is 1. The summed E-state index contributed by atoms with van der Waals surface area (Å²) < 4.78 is 5.41. The lowest BCUT2D eigenvalue weighted by atomic mass is 10.0. The molecule has 0 saturated heterocycles. The van der Waals surface area contributed by atoms with Gasteiger partial charge in [0, 0.05) is 6.54 Å². The van der Waals surface area contributed by atoms with Crippen molar-refractivity contribution in [3.8, 4) is 5.75 Å². The predicted molar refractivity (Wildman–Crippen MR) is 107 cm³/mol. The minimum Gasteiger partial charge on any atom is -0.496 e. The number of benzene rings is 3. The summed E-state index contributed by atoms with van der Waals surface area (Å²) >= 11 is 0. The molecular weight excluding hydrogens is 322 g/mol. The topological polar surface area (TPSA) is 38.3 Å². The molecule has 3 aromatic carbocycles. The highest BCUT2D eigenvalue weighted by molar-refractivity contribution is 6.01. The van der Waals surface area contributed by atoms with Crippen molar-refractivity contribution in [3.63, 3.8) is 0 Å². The molecule has 1 amide bonds. The van der Waals surface area contributed by atoms with Gasteiger partial charge in [-0.15, -0.1) is 0 Å². The molecule has 26 heavy (non-hydrogen) atoms. The van der Waals surface area contributed by atoms with E-state index in [0.29, 0.717) is 23.8 Å². The average Bonchev–Trinajstić information content (AvgIpc) is 2.67. The first-order valence-electron chi connectivity index (χ1n) is 9.02. The minimum absolute atomic E-state index is 0.105. The zero-order valence-corrected chi connectivity index (χ0v) is 15.6. The molecule has 0 aliphatic rings. The Bertz CT molecular complexity index is 898. The van der Waals surface area contributed by atoms with Crippen molar-refractivity contribution < 1.29 is 9.53 Å². The maximum Gasteiger partial charge on any atom is 0.255 e. The van der Waals surface area contributed by atoms with Crippen LogP contribution < -0.4 is 10.1 Å². The SMILES string of the molecule is COc1cc2ccccc2cc1C(=O)NCCc1ccc(C(C)C)cc1. The molecule has 0 radical (unpaired) electrons. The first kappa shape index (κ1) is 18.0. The molecule has 0 unspecified atom stereocenters. The Morgan fingerprint density at radius 3 is 2.27 bits per heavy atom. The van der Waals surface area contributed by atoms with E-state index in [1.807, 2.05) is 36.4 Å². The van der Waals surface area contributed by atoms with Gasteiger partial charge in [0.15, 0.2) is 0 Å². The van der Waals surface area contributed by atoms with Crippen LogP contribution in [0.1, 0.15) is 41.3 Å². The lowest BCUT2D eigenvalue weighted by Crippen LogP contribution is -2.26. The summed E-state index contributed by atoms with van der Waals surface area (Å²) in [4.78, 5) is 12.6. The highest BCUT2D eigenvalue weighted by atomic mass is 16.5. The van der Waals surface area contributed by atoms with Gasteiger partial charge in [-0.3, -0.25) is 4.79 Å². The maximum atomic E-state index is 12.6. The summed E-state index contributed by atoms with van der Waals surface area (Å²) in [6.45, 7) is 4.97. The second-order valence-corrected chi connectivity index (χ2v) is 6.80. The highest BCUT2D eigenvalue weighted by Gasteiger charge is 2.13. The Balaban J connectivity index is 1.67. The van der Waals surface area contributed by atoms with Gasteiger partial charge in [0.2, 0.25) is 0 Å². The van der Waals surface area contributed by atoms with Crippen molar-refractivity contribution in [1.29, 1.82) is 0 Å². The van der Waals surface area contributed by atoms with E-state index in [2.05, 4.69) is 43.4 Å². The van der Waals surface area contributed by atoms with Gasteiger partial charge in [0.1, 0.15) is 5.75 Å². The van der Waals surface area contributed by atoms with Crippen LogP contribution in [0.15, 0.2) is 60.7 Å². The van der Waals surface area contributed by atoms with Gasteiger partial charge >= 0.3 is 0 Å². The third-order valence-electron chi connectivity index (χ3n) is 4.66. The molecule has 0 spiro atoms. The monoisotopic (exact) mass is 347 g/mol. The number of ether oxygens (including phenoxy) is 1. The van der Waals surface area contributed by atoms with E-state index in [1.54, 1.807) is 7.11 Å². The predicted octanol–water partition coefficient (Wildman–Crippen LogP) is 4.94. The van der Waals surface area contributed by atoms with E-state index in [4.69, 9.17) is 4.74 Å². The van der Waals surface area contributed by atoms with Crippen molar-refractivity contribution in [3.05, 3.63) is 77.4 Å². The van der Waals surface area contributed by atoms with Crippen LogP contribution in [-0.2, 0) is 6.42 Å². The number of methoxy groups -OCH3 is 1. The molecule has 0 fully saturated rings. The molecule has 1 N–H and O–H groups in total. The quantitative estimate of drug-likeness (QED) is 0.685. The fraction of sp³-hybridized carbons (Fsp3) is 0.261. The average molecular weight is 347 g/mol. The second-order valence-electron chi connectivity index (χ2n) is 6.80. The fourth-order valence-electron chi connectivity index (χ4n) is 3.05. The summed E-state index contributed by atoms with van der Waals surface area (Å²) in [5, 5.41) is 5.10. The van der Waals surface area contributed by atoms with E-state index in [9.17, 15) is 4.79 Å². The standard InChI is InChI=1S/C23H25NO2/c1-16(2)18-10-8-17(9-11-18)12-13-24-23(25)21-14-19-6-4-5-7-20(19)15-22(21)26-3/h4-11,14-16H,12-13H2,1-3H3,(H,24,25). The Hall–Kier alpha value is -2.81. The Morgan fingerprint density at radius 1 is 1.00 bits per heavy atom. The van der Waals surface area contributed by atoms with Crippen LogP contribution in [0.5, 0.6) is 5.75 Å². The molecule has 0 bridgehead atoms. The van der Waals surface area contributed by atoms with Crippen molar-refractivity contribution >= 4 is 16.7 Å². The lowest BCUT2D eigenvalue weighted by molar-refractivity contribution is 0.0951. The molecular formula is C23H25NO2. The van der Waals surface area contributed by atoms with E-state index in [-0.39, 0.29) is 5.91 Å². The Morgan fingerprint density at radius 2 is 1.65 bits per heavy atom. The molecule has 0 atom stereocenters. The van der Waals surface area contributed by atoms with E-state index >= 15 is 0 Å². The van der Waals surface area contributed by atoms with Crippen LogP contribution in [0.2, 0.25) is 0 Å². The Labute approximate surface area is 155 Å². The van der Waals surface area contributed by atoms with Gasteiger partial charge in [-0.2, -0.15) is 0 Å². The largest absolute Gasteiger partial charge is 0.496 e. The number of hydrogen-bond acceptors (Lipinski definition) is 2. The zero-order valence-electron chi connectivity index (χ0n) is 15.6. The molecule has 0 saturated carbocycles. The summed E-state index contributed by atoms with van der Waals surface area (Å²) in [7, 11) is 1.59. The van der Waals surface area contributed by atoms with Crippen LogP contribution >= 0.6 is 0 Å². The lowest BCUT2D eigenvalue weighted by Gasteiger charge is -2.11. The molecule has 134 valence electrons. The number of fused-ring (bicyclic) bond motifs is 1. The van der Waals surface area contributed by atoms with Crippen LogP contribution in [0.3, 0.4) is 0 Å². The van der Waals surface area contributed by atoms with Gasteiger partial charge in [-0.25, -0.2) is 0 Å². The molecule has 0 heterocycles. The van der Waals surface area contributed by atoms with Gasteiger partial charge < -0.3 is 10.1 Å². The third-order valence-corrected chi connectivity index (χ3v) is 4.66. The van der Waals surface area contributed by atoms with Gasteiger partial charge in [-0.1, -0.05) is 62.4 Å². The van der Waals surface area contributed by atoms with E-state index < -0.39 is 0 Å². The number of carbonyl (C=O) groups is 1. The minimum atomic E-state index is -0.105. The van der Waals surface area contributed by atoms with Crippen molar-refractivity contribution in [1.82, 2.24) is 5.32 Å². The summed E-state index contributed by atoms with van der Waals surface area (Å²) in [6.07, 6.45) is 0.806. The first-order chi connectivity index (χ1) is 12.6. The second kappa shape index (κ2) is 8.05. The smallest absolute Gasteiger partial charge is 0.255 e. The van der Waals surface area contributed by atoms with Crippen molar-refractivity contribution in [2.75, 3.05) is 13.7 Å². The highest BCUT2D eigenvalue weighted by Crippen LogP contribution is 2.25. The molecule has 3 aromatic rings. The number of carbonyl (C=O) groups excluding carboxylic acids is 1. The van der Waals surface area contributed by atoms with Crippen molar-refractivity contribution in [2.24, 2.45) is 0 Å². The van der Waals surface area contributed by atoms with E-state index in [1.165, 1.54) is 11.1 Å². The van der Waals surface area contributed by atoms with Gasteiger partial charge in [0.05, 0.1) is 12.7 Å². The number of hydrogen-bond donors (Lipinski definition) is 1. The molecule has 0 aliphatic carbocycles. The van der Waals surface area contributed by atoms with Gasteiger partial charge in [-0.05, 0) is 46.4 Å². The first-order valence-corrected chi connectivity index (χ1v) is 9.02. The Kier molecular flexibility index (Phi) is 5.57. The maximum absolute atomic E-state index is 12.6. The summed E-state index contributed by atoms with van der Waals surface area (Å²) in [6, 6.07) is 20.4. The molecule has 0 aliphatic heterocycles. The molecule has 3 nitrogen and oxygen atoms in total. The molecule has 3 rings (SSSR count). The fourth-order valence-corrected chi connectivity index (χ4v) is 3.05. The third kappa shape index (κ3) is 4.05. The van der Waals surface area contributed by atoms with Crippen LogP contribution in [0.4, 0.5) is 0 Å².